The summed E-state index contributed by atoms with van der Waals surface area (Å²) in [5.74, 6) is -0.162. The number of carbonyl (C=O) groups is 2. The van der Waals surface area contributed by atoms with E-state index in [1.54, 1.807) is 18.0 Å². The fraction of sp³-hybridized carbons (Fsp3) is 0.316. The number of nitrogens with zero attached hydrogens (tertiary/aromatic N) is 3. The zero-order valence-electron chi connectivity index (χ0n) is 14.4. The van der Waals surface area contributed by atoms with E-state index in [1.165, 1.54) is 0 Å². The fourth-order valence-corrected chi connectivity index (χ4v) is 3.06. The van der Waals surface area contributed by atoms with Crippen LogP contribution in [0.15, 0.2) is 43.0 Å². The molecule has 1 aliphatic heterocycles. The predicted octanol–water partition coefficient (Wildman–Crippen LogP) is 2.41. The summed E-state index contributed by atoms with van der Waals surface area (Å²) in [6.45, 7) is 4.68. The molecule has 2 aromatic rings. The van der Waals surface area contributed by atoms with Crippen LogP contribution >= 0.6 is 0 Å². The van der Waals surface area contributed by atoms with Crippen molar-refractivity contribution >= 4 is 17.5 Å². The molecule has 0 saturated heterocycles. The highest BCUT2D eigenvalue weighted by atomic mass is 16.2. The Labute approximate surface area is 147 Å². The number of anilines is 1. The Balaban J connectivity index is 1.96. The van der Waals surface area contributed by atoms with Crippen molar-refractivity contribution in [3.8, 4) is 0 Å². The summed E-state index contributed by atoms with van der Waals surface area (Å²) in [6.07, 6.45) is 4.35. The van der Waals surface area contributed by atoms with Crippen LogP contribution in [0.4, 0.5) is 5.69 Å². The molecule has 2 heterocycles. The molecule has 1 aromatic heterocycles. The number of imidazole rings is 1. The van der Waals surface area contributed by atoms with E-state index in [0.29, 0.717) is 24.6 Å². The van der Waals surface area contributed by atoms with Gasteiger partial charge < -0.3 is 14.8 Å². The highest BCUT2D eigenvalue weighted by Crippen LogP contribution is 2.23. The Morgan fingerprint density at radius 1 is 1.32 bits per heavy atom. The Morgan fingerprint density at radius 2 is 2.08 bits per heavy atom. The molecule has 0 saturated carbocycles. The number of benzene rings is 1. The van der Waals surface area contributed by atoms with E-state index in [0.717, 1.165) is 30.6 Å². The quantitative estimate of drug-likeness (QED) is 0.852. The molecule has 1 aliphatic rings. The lowest BCUT2D eigenvalue weighted by molar-refractivity contribution is 0.0942. The van der Waals surface area contributed by atoms with Gasteiger partial charge in [0.1, 0.15) is 0 Å². The molecule has 0 spiro atoms. The number of rotatable bonds is 5. The van der Waals surface area contributed by atoms with Crippen LogP contribution in [-0.4, -0.2) is 35.0 Å². The number of hydrogen-bond acceptors (Lipinski definition) is 3. The molecule has 3 rings (SSSR count). The normalized spacial score (nSPS) is 13.0. The van der Waals surface area contributed by atoms with Crippen molar-refractivity contribution in [3.63, 3.8) is 0 Å². The van der Waals surface area contributed by atoms with Crippen LogP contribution in [0.2, 0.25) is 0 Å². The van der Waals surface area contributed by atoms with Gasteiger partial charge in [0.25, 0.3) is 11.8 Å². The molecule has 0 unspecified atom stereocenters. The van der Waals surface area contributed by atoms with Crippen molar-refractivity contribution in [2.75, 3.05) is 18.5 Å². The molecule has 0 fully saturated rings. The van der Waals surface area contributed by atoms with Gasteiger partial charge in [-0.05, 0) is 31.4 Å². The van der Waals surface area contributed by atoms with Crippen LogP contribution in [0.25, 0.3) is 0 Å². The summed E-state index contributed by atoms with van der Waals surface area (Å²) in [6, 6.07) is 9.42. The first-order valence-electron chi connectivity index (χ1n) is 8.45. The van der Waals surface area contributed by atoms with E-state index in [4.69, 9.17) is 0 Å². The van der Waals surface area contributed by atoms with Crippen LogP contribution in [0.1, 0.15) is 39.6 Å². The van der Waals surface area contributed by atoms with Gasteiger partial charge in [-0.15, -0.1) is 6.58 Å². The molecule has 25 heavy (non-hydrogen) atoms. The molecular formula is C19H22N4O2. The van der Waals surface area contributed by atoms with Crippen LogP contribution in [0, 0.1) is 0 Å². The van der Waals surface area contributed by atoms with Gasteiger partial charge in [0.15, 0.2) is 11.5 Å². The smallest absolute Gasteiger partial charge is 0.287 e. The van der Waals surface area contributed by atoms with Crippen molar-refractivity contribution in [1.82, 2.24) is 14.9 Å². The van der Waals surface area contributed by atoms with Crippen LogP contribution < -0.4 is 10.2 Å². The molecule has 130 valence electrons. The number of carbonyl (C=O) groups excluding carboxylic acids is 2. The van der Waals surface area contributed by atoms with Gasteiger partial charge in [0.2, 0.25) is 0 Å². The number of fused-ring (bicyclic) bond motifs is 1. The molecule has 1 aromatic carbocycles. The van der Waals surface area contributed by atoms with Crippen molar-refractivity contribution in [2.45, 2.75) is 25.8 Å². The molecule has 0 bridgehead atoms. The third-order valence-corrected chi connectivity index (χ3v) is 4.38. The van der Waals surface area contributed by atoms with Gasteiger partial charge in [-0.25, -0.2) is 4.98 Å². The largest absolute Gasteiger partial charge is 0.346 e. The molecule has 2 amide bonds. The number of aromatic nitrogens is 2. The summed E-state index contributed by atoms with van der Waals surface area (Å²) < 4.78 is 1.88. The standard InChI is InChI=1S/C19H22N4O2/c1-3-12-20-18(24)17-21-16(15-11-7-8-13-23(15)17)19(25)22(2)14-9-5-4-6-10-14/h3-6,9-10H,1,7-8,11-13H2,2H3,(H,20,24). The zero-order valence-corrected chi connectivity index (χ0v) is 14.4. The number of para-hydroxylation sites is 1. The predicted molar refractivity (Wildman–Crippen MR) is 96.9 cm³/mol. The van der Waals surface area contributed by atoms with E-state index in [2.05, 4.69) is 16.9 Å². The molecular weight excluding hydrogens is 316 g/mol. The summed E-state index contributed by atoms with van der Waals surface area (Å²) in [5, 5.41) is 2.75. The maximum absolute atomic E-state index is 13.0. The summed E-state index contributed by atoms with van der Waals surface area (Å²) in [4.78, 5) is 31.3. The molecule has 6 nitrogen and oxygen atoms in total. The lowest BCUT2D eigenvalue weighted by Crippen LogP contribution is -2.28. The molecule has 0 atom stereocenters. The van der Waals surface area contributed by atoms with E-state index < -0.39 is 0 Å². The average molecular weight is 338 g/mol. The van der Waals surface area contributed by atoms with Gasteiger partial charge in [0, 0.05) is 25.8 Å². The molecule has 0 aliphatic carbocycles. The Kier molecular flexibility index (Phi) is 4.97. The Bertz CT molecular complexity index is 795. The second-order valence-corrected chi connectivity index (χ2v) is 6.04. The molecule has 1 N–H and O–H groups in total. The van der Waals surface area contributed by atoms with E-state index in [-0.39, 0.29) is 11.8 Å². The monoisotopic (exact) mass is 338 g/mol. The maximum Gasteiger partial charge on any atom is 0.287 e. The lowest BCUT2D eigenvalue weighted by atomic mass is 10.1. The lowest BCUT2D eigenvalue weighted by Gasteiger charge is -2.19. The minimum Gasteiger partial charge on any atom is -0.346 e. The second-order valence-electron chi connectivity index (χ2n) is 6.04. The summed E-state index contributed by atoms with van der Waals surface area (Å²) in [5.41, 5.74) is 2.01. The summed E-state index contributed by atoms with van der Waals surface area (Å²) >= 11 is 0. The van der Waals surface area contributed by atoms with Crippen LogP contribution in [-0.2, 0) is 13.0 Å². The Hall–Kier alpha value is -2.89. The SMILES string of the molecule is C=CCNC(=O)c1nc(C(=O)N(C)c2ccccc2)c2n1CCCC2. The minimum atomic E-state index is -0.274. The summed E-state index contributed by atoms with van der Waals surface area (Å²) in [7, 11) is 1.73. The first-order chi connectivity index (χ1) is 12.1. The third kappa shape index (κ3) is 3.33. The number of hydrogen-bond donors (Lipinski definition) is 1. The van der Waals surface area contributed by atoms with Gasteiger partial charge in [-0.2, -0.15) is 0 Å². The van der Waals surface area contributed by atoms with Crippen LogP contribution in [0.3, 0.4) is 0 Å². The molecule has 6 heteroatoms. The van der Waals surface area contributed by atoms with E-state index >= 15 is 0 Å². The zero-order chi connectivity index (χ0) is 17.8. The topological polar surface area (TPSA) is 67.2 Å². The van der Waals surface area contributed by atoms with Gasteiger partial charge >= 0.3 is 0 Å². The minimum absolute atomic E-state index is 0.195. The van der Waals surface area contributed by atoms with Crippen molar-refractivity contribution < 1.29 is 9.59 Å². The van der Waals surface area contributed by atoms with Crippen molar-refractivity contribution in [1.29, 1.82) is 0 Å². The number of nitrogens with one attached hydrogen (secondary N) is 1. The highest BCUT2D eigenvalue weighted by molar-refractivity contribution is 6.06. The van der Waals surface area contributed by atoms with Crippen molar-refractivity contribution in [3.05, 3.63) is 60.2 Å². The number of amides is 2. The average Bonchev–Trinajstić information content (AvgIpc) is 3.05. The highest BCUT2D eigenvalue weighted by Gasteiger charge is 2.29. The van der Waals surface area contributed by atoms with Gasteiger partial charge in [0.05, 0.1) is 5.69 Å². The first-order valence-corrected chi connectivity index (χ1v) is 8.45. The van der Waals surface area contributed by atoms with Crippen LogP contribution in [0.5, 0.6) is 0 Å². The van der Waals surface area contributed by atoms with Crippen molar-refractivity contribution in [2.24, 2.45) is 0 Å². The van der Waals surface area contributed by atoms with E-state index in [1.807, 2.05) is 34.9 Å². The third-order valence-electron chi connectivity index (χ3n) is 4.38. The van der Waals surface area contributed by atoms with Gasteiger partial charge in [-0.1, -0.05) is 24.3 Å². The fourth-order valence-electron chi connectivity index (χ4n) is 3.06. The second kappa shape index (κ2) is 7.34. The maximum atomic E-state index is 13.0. The first kappa shape index (κ1) is 17.0. The van der Waals surface area contributed by atoms with E-state index in [9.17, 15) is 9.59 Å². The molecule has 0 radical (unpaired) electrons. The Morgan fingerprint density at radius 3 is 2.80 bits per heavy atom. The van der Waals surface area contributed by atoms with Gasteiger partial charge in [-0.3, -0.25) is 9.59 Å².